The molecule has 1 aliphatic rings. The molecule has 1 amide bonds. The Labute approximate surface area is 130 Å². The van der Waals surface area contributed by atoms with Crippen LogP contribution in [-0.2, 0) is 4.74 Å². The Morgan fingerprint density at radius 3 is 3.05 bits per heavy atom. The maximum atomic E-state index is 12.7. The molecule has 2 heterocycles. The van der Waals surface area contributed by atoms with Crippen molar-refractivity contribution < 1.29 is 9.53 Å². The fourth-order valence-corrected chi connectivity index (χ4v) is 2.48. The first-order chi connectivity index (χ1) is 10.0. The van der Waals surface area contributed by atoms with Crippen LogP contribution in [0.15, 0.2) is 12.3 Å². The number of hydrogen-bond acceptors (Lipinski definition) is 4. The zero-order valence-electron chi connectivity index (χ0n) is 12.7. The van der Waals surface area contributed by atoms with Gasteiger partial charge in [0.1, 0.15) is 5.82 Å². The van der Waals surface area contributed by atoms with Gasteiger partial charge >= 0.3 is 0 Å². The predicted molar refractivity (Wildman–Crippen MR) is 83.9 cm³/mol. The smallest absolute Gasteiger partial charge is 0.255 e. The van der Waals surface area contributed by atoms with E-state index in [1.807, 2.05) is 18.7 Å². The summed E-state index contributed by atoms with van der Waals surface area (Å²) in [5.74, 6) is 0.614. The largest absolute Gasteiger partial charge is 0.375 e. The van der Waals surface area contributed by atoms with Gasteiger partial charge in [-0.3, -0.25) is 4.79 Å². The number of morpholine rings is 1. The molecule has 0 aromatic carbocycles. The molecule has 2 atom stereocenters. The molecule has 2 rings (SSSR count). The van der Waals surface area contributed by atoms with Crippen molar-refractivity contribution >= 4 is 23.3 Å². The summed E-state index contributed by atoms with van der Waals surface area (Å²) in [5.41, 5.74) is 0.492. The first-order valence-electron chi connectivity index (χ1n) is 7.35. The number of carbonyl (C=O) groups is 1. The number of anilines is 1. The lowest BCUT2D eigenvalue weighted by Gasteiger charge is -2.37. The molecule has 2 unspecified atom stereocenters. The van der Waals surface area contributed by atoms with Crippen molar-refractivity contribution in [2.75, 3.05) is 25.0 Å². The SMILES string of the molecule is CCCNc1cc(C(=O)N2CC(C)OCC2C)c(Cl)cn1. The standard InChI is InChI=1S/C15H22ClN3O2/c1-4-5-17-14-6-12(13(16)7-18-14)15(20)19-8-11(3)21-9-10(19)2/h6-7,10-11H,4-5,8-9H2,1-3H3,(H,17,18). The number of halogens is 1. The van der Waals surface area contributed by atoms with Crippen LogP contribution in [0.4, 0.5) is 5.82 Å². The number of pyridine rings is 1. The zero-order valence-corrected chi connectivity index (χ0v) is 13.5. The molecule has 1 fully saturated rings. The lowest BCUT2D eigenvalue weighted by atomic mass is 10.1. The van der Waals surface area contributed by atoms with E-state index < -0.39 is 0 Å². The molecule has 1 aromatic heterocycles. The second kappa shape index (κ2) is 7.09. The molecule has 5 nitrogen and oxygen atoms in total. The van der Waals surface area contributed by atoms with E-state index in [-0.39, 0.29) is 18.1 Å². The Morgan fingerprint density at radius 2 is 2.33 bits per heavy atom. The van der Waals surface area contributed by atoms with Gasteiger partial charge in [-0.15, -0.1) is 0 Å². The average molecular weight is 312 g/mol. The molecular weight excluding hydrogens is 290 g/mol. The molecule has 1 saturated heterocycles. The lowest BCUT2D eigenvalue weighted by molar-refractivity contribution is -0.0387. The predicted octanol–water partition coefficient (Wildman–Crippen LogP) is 2.81. The Bertz CT molecular complexity index is 510. The van der Waals surface area contributed by atoms with Gasteiger partial charge in [-0.25, -0.2) is 4.98 Å². The summed E-state index contributed by atoms with van der Waals surface area (Å²) < 4.78 is 5.56. The summed E-state index contributed by atoms with van der Waals surface area (Å²) in [6.45, 7) is 7.97. The Kier molecular flexibility index (Phi) is 5.42. The van der Waals surface area contributed by atoms with E-state index in [0.717, 1.165) is 13.0 Å². The fraction of sp³-hybridized carbons (Fsp3) is 0.600. The van der Waals surface area contributed by atoms with E-state index in [2.05, 4.69) is 17.2 Å². The van der Waals surface area contributed by atoms with Gasteiger partial charge in [0, 0.05) is 19.3 Å². The molecule has 0 spiro atoms. The summed E-state index contributed by atoms with van der Waals surface area (Å²) >= 11 is 6.16. The van der Waals surface area contributed by atoms with Gasteiger partial charge in [-0.05, 0) is 26.3 Å². The molecule has 21 heavy (non-hydrogen) atoms. The maximum absolute atomic E-state index is 12.7. The number of nitrogens with one attached hydrogen (secondary N) is 1. The van der Waals surface area contributed by atoms with Crippen molar-refractivity contribution in [3.63, 3.8) is 0 Å². The zero-order chi connectivity index (χ0) is 15.4. The minimum absolute atomic E-state index is 0.0449. The Morgan fingerprint density at radius 1 is 1.57 bits per heavy atom. The van der Waals surface area contributed by atoms with Gasteiger partial charge in [-0.1, -0.05) is 18.5 Å². The minimum Gasteiger partial charge on any atom is -0.375 e. The number of ether oxygens (including phenoxy) is 1. The van der Waals surface area contributed by atoms with Gasteiger partial charge < -0.3 is 15.0 Å². The van der Waals surface area contributed by atoms with Crippen LogP contribution in [0.25, 0.3) is 0 Å². The highest BCUT2D eigenvalue weighted by atomic mass is 35.5. The quantitative estimate of drug-likeness (QED) is 0.929. The van der Waals surface area contributed by atoms with Gasteiger partial charge in [0.15, 0.2) is 0 Å². The summed E-state index contributed by atoms with van der Waals surface area (Å²) in [6, 6.07) is 1.78. The van der Waals surface area contributed by atoms with E-state index in [4.69, 9.17) is 16.3 Å². The van der Waals surface area contributed by atoms with E-state index in [1.165, 1.54) is 6.20 Å². The van der Waals surface area contributed by atoms with Crippen LogP contribution < -0.4 is 5.32 Å². The van der Waals surface area contributed by atoms with E-state index in [0.29, 0.717) is 29.6 Å². The average Bonchev–Trinajstić information content (AvgIpc) is 2.48. The highest BCUT2D eigenvalue weighted by Gasteiger charge is 2.29. The van der Waals surface area contributed by atoms with Crippen molar-refractivity contribution in [1.82, 2.24) is 9.88 Å². The van der Waals surface area contributed by atoms with Crippen molar-refractivity contribution in [2.45, 2.75) is 39.3 Å². The lowest BCUT2D eigenvalue weighted by Crippen LogP contribution is -2.50. The number of carbonyl (C=O) groups excluding carboxylic acids is 1. The number of hydrogen-bond donors (Lipinski definition) is 1. The second-order valence-corrected chi connectivity index (χ2v) is 5.83. The van der Waals surface area contributed by atoms with Crippen LogP contribution in [0.3, 0.4) is 0 Å². The molecule has 6 heteroatoms. The summed E-state index contributed by atoms with van der Waals surface area (Å²) in [7, 11) is 0. The summed E-state index contributed by atoms with van der Waals surface area (Å²) in [6.07, 6.45) is 2.57. The van der Waals surface area contributed by atoms with Gasteiger partial charge in [0.05, 0.1) is 29.3 Å². The minimum atomic E-state index is -0.0652. The van der Waals surface area contributed by atoms with Crippen molar-refractivity contribution in [3.05, 3.63) is 22.8 Å². The number of amides is 1. The van der Waals surface area contributed by atoms with E-state index in [9.17, 15) is 4.79 Å². The van der Waals surface area contributed by atoms with E-state index >= 15 is 0 Å². The van der Waals surface area contributed by atoms with Crippen molar-refractivity contribution in [1.29, 1.82) is 0 Å². The van der Waals surface area contributed by atoms with E-state index in [1.54, 1.807) is 6.07 Å². The Balaban J connectivity index is 2.21. The molecule has 0 aliphatic carbocycles. The first-order valence-corrected chi connectivity index (χ1v) is 7.72. The maximum Gasteiger partial charge on any atom is 0.255 e. The van der Waals surface area contributed by atoms with Crippen LogP contribution >= 0.6 is 11.6 Å². The summed E-state index contributed by atoms with van der Waals surface area (Å²) in [5, 5.41) is 3.56. The molecule has 1 aliphatic heterocycles. The third-order valence-electron chi connectivity index (χ3n) is 3.51. The topological polar surface area (TPSA) is 54.5 Å². The van der Waals surface area contributed by atoms with Crippen LogP contribution in [0.2, 0.25) is 5.02 Å². The first kappa shape index (κ1) is 16.0. The second-order valence-electron chi connectivity index (χ2n) is 5.43. The van der Waals surface area contributed by atoms with Crippen molar-refractivity contribution in [3.8, 4) is 0 Å². The molecular formula is C15H22ClN3O2. The van der Waals surface area contributed by atoms with Gasteiger partial charge in [0.25, 0.3) is 5.91 Å². The summed E-state index contributed by atoms with van der Waals surface area (Å²) in [4.78, 5) is 18.8. The van der Waals surface area contributed by atoms with Crippen LogP contribution in [-0.4, -0.2) is 47.6 Å². The van der Waals surface area contributed by atoms with Gasteiger partial charge in [-0.2, -0.15) is 0 Å². The highest BCUT2D eigenvalue weighted by molar-refractivity contribution is 6.33. The molecule has 116 valence electrons. The fourth-order valence-electron chi connectivity index (χ4n) is 2.29. The molecule has 0 bridgehead atoms. The van der Waals surface area contributed by atoms with Crippen LogP contribution in [0, 0.1) is 0 Å². The molecule has 0 saturated carbocycles. The van der Waals surface area contributed by atoms with Crippen LogP contribution in [0.1, 0.15) is 37.6 Å². The number of aromatic nitrogens is 1. The monoisotopic (exact) mass is 311 g/mol. The molecule has 0 radical (unpaired) electrons. The highest BCUT2D eigenvalue weighted by Crippen LogP contribution is 2.22. The van der Waals surface area contributed by atoms with Gasteiger partial charge in [0.2, 0.25) is 0 Å². The van der Waals surface area contributed by atoms with Crippen LogP contribution in [0.5, 0.6) is 0 Å². The number of rotatable bonds is 4. The normalized spacial score (nSPS) is 22.2. The third kappa shape index (κ3) is 3.86. The van der Waals surface area contributed by atoms with Crippen molar-refractivity contribution in [2.24, 2.45) is 0 Å². The third-order valence-corrected chi connectivity index (χ3v) is 3.81. The number of nitrogens with zero attached hydrogens (tertiary/aromatic N) is 2. The molecule has 1 aromatic rings. The Hall–Kier alpha value is -1.33. The molecule has 1 N–H and O–H groups in total.